The third-order valence-electron chi connectivity index (χ3n) is 19.8. The average molecular weight is 1490 g/mol. The van der Waals surface area contributed by atoms with Gasteiger partial charge in [0.1, 0.15) is 19.3 Å². The van der Waals surface area contributed by atoms with Crippen molar-refractivity contribution in [1.82, 2.24) is 0 Å². The normalized spacial score (nSPS) is 14.1. The zero-order chi connectivity index (χ0) is 74.9. The highest BCUT2D eigenvalue weighted by Crippen LogP contribution is 2.45. The van der Waals surface area contributed by atoms with E-state index in [1.807, 2.05) is 0 Å². The predicted octanol–water partition coefficient (Wildman–Crippen LogP) is 25.1. The summed E-state index contributed by atoms with van der Waals surface area (Å²) in [5.41, 5.74) is 0. The number of aliphatic hydroxyl groups excluding tert-OH is 1. The molecule has 102 heavy (non-hydrogen) atoms. The molecule has 0 aliphatic heterocycles. The monoisotopic (exact) mass is 1490 g/mol. The number of carbonyl (C=O) groups is 4. The van der Waals surface area contributed by atoms with Crippen molar-refractivity contribution in [3.8, 4) is 0 Å². The van der Waals surface area contributed by atoms with Crippen molar-refractivity contribution in [3.05, 3.63) is 0 Å². The van der Waals surface area contributed by atoms with Crippen LogP contribution in [-0.4, -0.2) is 96.7 Å². The molecular formula is C83H162O17P2. The molecule has 0 heterocycles. The molecule has 0 aliphatic rings. The molecule has 606 valence electrons. The highest BCUT2D eigenvalue weighted by atomic mass is 31.2. The van der Waals surface area contributed by atoms with E-state index in [2.05, 4.69) is 41.5 Å². The van der Waals surface area contributed by atoms with Crippen molar-refractivity contribution < 1.29 is 80.2 Å². The van der Waals surface area contributed by atoms with Gasteiger partial charge >= 0.3 is 39.5 Å². The summed E-state index contributed by atoms with van der Waals surface area (Å²) < 4.78 is 68.8. The van der Waals surface area contributed by atoms with Crippen molar-refractivity contribution in [2.75, 3.05) is 39.6 Å². The van der Waals surface area contributed by atoms with Crippen LogP contribution in [0.3, 0.4) is 0 Å². The van der Waals surface area contributed by atoms with E-state index in [9.17, 15) is 43.2 Å². The summed E-state index contributed by atoms with van der Waals surface area (Å²) in [6.45, 7) is 9.68. The minimum atomic E-state index is -4.96. The Balaban J connectivity index is 5.26. The molecule has 6 atom stereocenters. The van der Waals surface area contributed by atoms with Crippen molar-refractivity contribution in [2.24, 2.45) is 11.8 Å². The topological polar surface area (TPSA) is 237 Å². The van der Waals surface area contributed by atoms with Gasteiger partial charge in [0.15, 0.2) is 12.2 Å². The van der Waals surface area contributed by atoms with E-state index in [4.69, 9.17) is 37.0 Å². The van der Waals surface area contributed by atoms with Crippen LogP contribution in [0.25, 0.3) is 0 Å². The third-order valence-corrected chi connectivity index (χ3v) is 21.7. The summed E-state index contributed by atoms with van der Waals surface area (Å²) >= 11 is 0. The number of hydrogen-bond donors (Lipinski definition) is 3. The fraction of sp³-hybridized carbons (Fsp3) is 0.952. The first-order valence-corrected chi connectivity index (χ1v) is 46.0. The number of phosphoric acid groups is 2. The molecule has 0 amide bonds. The number of aliphatic hydroxyl groups is 1. The Kier molecular flexibility index (Phi) is 73.1. The van der Waals surface area contributed by atoms with E-state index in [0.29, 0.717) is 25.7 Å². The van der Waals surface area contributed by atoms with Crippen LogP contribution in [0.15, 0.2) is 0 Å². The molecule has 0 saturated heterocycles. The Morgan fingerprint density at radius 3 is 0.745 bits per heavy atom. The maximum atomic E-state index is 13.1. The molecule has 3 unspecified atom stereocenters. The first-order valence-electron chi connectivity index (χ1n) is 43.0. The minimum Gasteiger partial charge on any atom is -0.462 e. The number of esters is 4. The molecule has 0 aliphatic carbocycles. The number of hydrogen-bond acceptors (Lipinski definition) is 15. The van der Waals surface area contributed by atoms with Gasteiger partial charge in [0.05, 0.1) is 26.4 Å². The second-order valence-corrected chi connectivity index (χ2v) is 33.5. The maximum Gasteiger partial charge on any atom is 0.472 e. The Morgan fingerprint density at radius 1 is 0.284 bits per heavy atom. The van der Waals surface area contributed by atoms with Crippen LogP contribution in [0.2, 0.25) is 0 Å². The quantitative estimate of drug-likeness (QED) is 0.0222. The highest BCUT2D eigenvalue weighted by molar-refractivity contribution is 7.47. The molecule has 19 heteroatoms. The van der Waals surface area contributed by atoms with Crippen LogP contribution >= 0.6 is 15.6 Å². The zero-order valence-corrected chi connectivity index (χ0v) is 68.7. The summed E-state index contributed by atoms with van der Waals surface area (Å²) in [5, 5.41) is 10.7. The first kappa shape index (κ1) is 100. The summed E-state index contributed by atoms with van der Waals surface area (Å²) in [6.07, 6.45) is 65.1. The smallest absolute Gasteiger partial charge is 0.462 e. The van der Waals surface area contributed by atoms with Crippen molar-refractivity contribution in [1.29, 1.82) is 0 Å². The minimum absolute atomic E-state index is 0.108. The second-order valence-electron chi connectivity index (χ2n) is 30.6. The molecule has 0 fully saturated rings. The molecule has 17 nitrogen and oxygen atoms in total. The molecule has 0 spiro atoms. The van der Waals surface area contributed by atoms with E-state index in [1.165, 1.54) is 257 Å². The molecule has 0 saturated carbocycles. The lowest BCUT2D eigenvalue weighted by Gasteiger charge is -2.21. The van der Waals surface area contributed by atoms with Gasteiger partial charge in [0.25, 0.3) is 0 Å². The van der Waals surface area contributed by atoms with Gasteiger partial charge in [-0.15, -0.1) is 0 Å². The summed E-state index contributed by atoms with van der Waals surface area (Å²) in [7, 11) is -9.92. The van der Waals surface area contributed by atoms with Gasteiger partial charge in [-0.1, -0.05) is 388 Å². The largest absolute Gasteiger partial charge is 0.472 e. The van der Waals surface area contributed by atoms with Gasteiger partial charge in [0.2, 0.25) is 0 Å². The van der Waals surface area contributed by atoms with E-state index in [1.54, 1.807) is 0 Å². The Bertz CT molecular complexity index is 1960. The second kappa shape index (κ2) is 74.5. The molecule has 3 N–H and O–H groups in total. The lowest BCUT2D eigenvalue weighted by molar-refractivity contribution is -0.161. The van der Waals surface area contributed by atoms with E-state index >= 15 is 0 Å². The van der Waals surface area contributed by atoms with Gasteiger partial charge in [-0.3, -0.25) is 37.3 Å². The molecule has 0 aromatic rings. The predicted molar refractivity (Wildman–Crippen MR) is 418 cm³/mol. The van der Waals surface area contributed by atoms with Gasteiger partial charge in [-0.25, -0.2) is 9.13 Å². The van der Waals surface area contributed by atoms with Crippen LogP contribution in [0, 0.1) is 11.8 Å². The number of carbonyl (C=O) groups excluding carboxylic acids is 4. The maximum absolute atomic E-state index is 13.1. The number of phosphoric ester groups is 2. The fourth-order valence-electron chi connectivity index (χ4n) is 12.9. The van der Waals surface area contributed by atoms with Gasteiger partial charge in [-0.05, 0) is 37.5 Å². The van der Waals surface area contributed by atoms with Gasteiger partial charge in [0, 0.05) is 25.7 Å². The summed E-state index contributed by atoms with van der Waals surface area (Å²) in [6, 6.07) is 0. The standard InChI is InChI=1S/C83H162O17P2/c1-7-10-12-14-16-18-20-22-24-25-26-27-28-34-38-42-50-56-62-68-83(88)99-78(71-93-80(85)65-59-53-47-40-36-33-30-29-31-35-39-45-51-57-63-75(4)5)73-97-101(89,90)95-69-77(84)70-96-102(91,92)98-74-79(72-94-81(86)66-60-54-48-44-43-46-52-58-64-76(6)9-3)100-82(87)67-61-55-49-41-37-32-23-21-19-17-15-13-11-8-2/h75-79,84H,7-74H2,1-6H3,(H,89,90)(H,91,92)/t76?,77-,78-,79-/m1/s1. The molecule has 0 radical (unpaired) electrons. The average Bonchev–Trinajstić information content (AvgIpc) is 0.910. The van der Waals surface area contributed by atoms with E-state index in [0.717, 1.165) is 102 Å². The fourth-order valence-corrected chi connectivity index (χ4v) is 14.4. The summed E-state index contributed by atoms with van der Waals surface area (Å²) in [5.74, 6) is -0.527. The van der Waals surface area contributed by atoms with Crippen molar-refractivity contribution >= 4 is 39.5 Å². The van der Waals surface area contributed by atoms with Gasteiger partial charge in [-0.2, -0.15) is 0 Å². The SMILES string of the molecule is CCCCCCCCCCCCCCCCCCCCCC(=O)O[C@H](COC(=O)CCCCCCCCCCCCCCCCC(C)C)COP(=O)(O)OC[C@@H](O)COP(=O)(O)OC[C@@H](COC(=O)CCCCCCCCCCC(C)CC)OC(=O)CCCCCCCCCCCCCCCC. The highest BCUT2D eigenvalue weighted by Gasteiger charge is 2.30. The Labute approximate surface area is 626 Å². The number of unbranched alkanes of at least 4 members (excludes halogenated alkanes) is 51. The molecular weight excluding hydrogens is 1330 g/mol. The molecule has 0 aromatic carbocycles. The van der Waals surface area contributed by atoms with Crippen LogP contribution in [0.1, 0.15) is 440 Å². The first-order chi connectivity index (χ1) is 49.4. The van der Waals surface area contributed by atoms with Crippen molar-refractivity contribution in [2.45, 2.75) is 458 Å². The van der Waals surface area contributed by atoms with Crippen LogP contribution in [-0.2, 0) is 65.4 Å². The lowest BCUT2D eigenvalue weighted by Crippen LogP contribution is -2.30. The Morgan fingerprint density at radius 2 is 0.500 bits per heavy atom. The zero-order valence-electron chi connectivity index (χ0n) is 66.9. The molecule has 0 aromatic heterocycles. The molecule has 0 bridgehead atoms. The third kappa shape index (κ3) is 74.9. The van der Waals surface area contributed by atoms with Crippen molar-refractivity contribution in [3.63, 3.8) is 0 Å². The molecule has 0 rings (SSSR count). The van der Waals surface area contributed by atoms with E-state index in [-0.39, 0.29) is 25.7 Å². The van der Waals surface area contributed by atoms with Crippen LogP contribution in [0.4, 0.5) is 0 Å². The lowest BCUT2D eigenvalue weighted by atomic mass is 9.99. The van der Waals surface area contributed by atoms with Gasteiger partial charge < -0.3 is 33.8 Å². The summed E-state index contributed by atoms with van der Waals surface area (Å²) in [4.78, 5) is 73.1. The number of rotatable bonds is 82. The number of ether oxygens (including phenoxy) is 4. The van der Waals surface area contributed by atoms with Crippen LogP contribution < -0.4 is 0 Å². The Hall–Kier alpha value is -1.94. The van der Waals surface area contributed by atoms with E-state index < -0.39 is 97.5 Å². The van der Waals surface area contributed by atoms with Crippen LogP contribution in [0.5, 0.6) is 0 Å².